The van der Waals surface area contributed by atoms with E-state index in [9.17, 15) is 14.4 Å². The highest BCUT2D eigenvalue weighted by Gasteiger charge is 2.27. The molecular weight excluding hydrogens is 354 g/mol. The van der Waals surface area contributed by atoms with Crippen LogP contribution in [-0.4, -0.2) is 60.2 Å². The van der Waals surface area contributed by atoms with Gasteiger partial charge in [0.15, 0.2) is 0 Å². The quantitative estimate of drug-likeness (QED) is 0.806. The van der Waals surface area contributed by atoms with E-state index < -0.39 is 0 Å². The standard InChI is InChI=1S/C22H23N3O3/c1-16(26)25-10-9-18-15-19(7-8-20(18)25)22(28)24-13-11-23(12-14-24)21(27)17-5-3-2-4-6-17/h2-8,15H,9-14H2,1H3. The summed E-state index contributed by atoms with van der Waals surface area (Å²) in [6.07, 6.45) is 0.773. The Morgan fingerprint density at radius 1 is 0.750 bits per heavy atom. The van der Waals surface area contributed by atoms with Crippen molar-refractivity contribution in [3.8, 4) is 0 Å². The van der Waals surface area contributed by atoms with Crippen molar-refractivity contribution in [3.05, 3.63) is 65.2 Å². The smallest absolute Gasteiger partial charge is 0.253 e. The first-order valence-corrected chi connectivity index (χ1v) is 9.59. The maximum atomic E-state index is 12.9. The minimum atomic E-state index is -0.0177. The topological polar surface area (TPSA) is 60.9 Å². The van der Waals surface area contributed by atoms with E-state index in [0.717, 1.165) is 17.7 Å². The van der Waals surface area contributed by atoms with Crippen molar-refractivity contribution in [1.82, 2.24) is 9.80 Å². The van der Waals surface area contributed by atoms with Crippen molar-refractivity contribution >= 4 is 23.4 Å². The molecule has 0 aliphatic carbocycles. The number of benzene rings is 2. The Morgan fingerprint density at radius 3 is 1.96 bits per heavy atom. The molecule has 2 aliphatic heterocycles. The molecule has 0 aromatic heterocycles. The van der Waals surface area contributed by atoms with E-state index in [4.69, 9.17) is 0 Å². The molecule has 1 fully saturated rings. The minimum Gasteiger partial charge on any atom is -0.335 e. The third kappa shape index (κ3) is 3.38. The molecule has 2 heterocycles. The number of carbonyl (C=O) groups is 3. The molecule has 28 heavy (non-hydrogen) atoms. The molecule has 2 aliphatic rings. The number of anilines is 1. The van der Waals surface area contributed by atoms with E-state index in [1.807, 2.05) is 42.5 Å². The average Bonchev–Trinajstić information content (AvgIpc) is 3.17. The fourth-order valence-corrected chi connectivity index (χ4v) is 3.92. The fourth-order valence-electron chi connectivity index (χ4n) is 3.92. The van der Waals surface area contributed by atoms with Gasteiger partial charge < -0.3 is 14.7 Å². The van der Waals surface area contributed by atoms with Gasteiger partial charge in [0.1, 0.15) is 0 Å². The summed E-state index contributed by atoms with van der Waals surface area (Å²) in [6.45, 7) is 4.33. The lowest BCUT2D eigenvalue weighted by Crippen LogP contribution is -2.50. The van der Waals surface area contributed by atoms with Crippen LogP contribution in [0.2, 0.25) is 0 Å². The molecule has 0 saturated carbocycles. The van der Waals surface area contributed by atoms with Crippen LogP contribution in [0.1, 0.15) is 33.2 Å². The van der Waals surface area contributed by atoms with Crippen LogP contribution < -0.4 is 4.90 Å². The summed E-state index contributed by atoms with van der Waals surface area (Å²) in [5.74, 6) is 0.0162. The van der Waals surface area contributed by atoms with E-state index in [-0.39, 0.29) is 17.7 Å². The lowest BCUT2D eigenvalue weighted by atomic mass is 10.1. The maximum absolute atomic E-state index is 12.9. The first-order valence-electron chi connectivity index (χ1n) is 9.59. The number of hydrogen-bond acceptors (Lipinski definition) is 3. The number of nitrogens with zero attached hydrogens (tertiary/aromatic N) is 3. The molecule has 4 rings (SSSR count). The third-order valence-electron chi connectivity index (χ3n) is 5.48. The van der Waals surface area contributed by atoms with Gasteiger partial charge in [-0.3, -0.25) is 14.4 Å². The molecule has 1 saturated heterocycles. The predicted octanol–water partition coefficient (Wildman–Crippen LogP) is 2.19. The van der Waals surface area contributed by atoms with Gasteiger partial charge in [-0.15, -0.1) is 0 Å². The summed E-state index contributed by atoms with van der Waals surface area (Å²) in [5, 5.41) is 0. The molecule has 0 radical (unpaired) electrons. The molecule has 0 N–H and O–H groups in total. The third-order valence-corrected chi connectivity index (χ3v) is 5.48. The van der Waals surface area contributed by atoms with Crippen LogP contribution in [0.3, 0.4) is 0 Å². The van der Waals surface area contributed by atoms with E-state index >= 15 is 0 Å². The van der Waals surface area contributed by atoms with Crippen molar-refractivity contribution in [3.63, 3.8) is 0 Å². The largest absolute Gasteiger partial charge is 0.335 e. The van der Waals surface area contributed by atoms with Gasteiger partial charge in [0.05, 0.1) is 0 Å². The minimum absolute atomic E-state index is 0.00885. The van der Waals surface area contributed by atoms with E-state index in [0.29, 0.717) is 43.9 Å². The monoisotopic (exact) mass is 377 g/mol. The molecule has 0 bridgehead atoms. The average molecular weight is 377 g/mol. The van der Waals surface area contributed by atoms with Gasteiger partial charge in [0, 0.05) is 56.5 Å². The van der Waals surface area contributed by atoms with Crippen LogP contribution in [0.15, 0.2) is 48.5 Å². The second-order valence-corrected chi connectivity index (χ2v) is 7.21. The fraction of sp³-hybridized carbons (Fsp3) is 0.318. The Hall–Kier alpha value is -3.15. The van der Waals surface area contributed by atoms with Crippen LogP contribution in [0.25, 0.3) is 0 Å². The van der Waals surface area contributed by atoms with Gasteiger partial charge >= 0.3 is 0 Å². The molecule has 3 amide bonds. The van der Waals surface area contributed by atoms with E-state index in [2.05, 4.69) is 0 Å². The highest BCUT2D eigenvalue weighted by atomic mass is 16.2. The summed E-state index contributed by atoms with van der Waals surface area (Å²) in [4.78, 5) is 42.5. The summed E-state index contributed by atoms with van der Waals surface area (Å²) in [7, 11) is 0. The van der Waals surface area contributed by atoms with Crippen molar-refractivity contribution in [2.24, 2.45) is 0 Å². The van der Waals surface area contributed by atoms with Crippen molar-refractivity contribution < 1.29 is 14.4 Å². The Kier molecular flexibility index (Phi) is 4.86. The van der Waals surface area contributed by atoms with Gasteiger partial charge in [-0.25, -0.2) is 0 Å². The lowest BCUT2D eigenvalue weighted by Gasteiger charge is -2.35. The van der Waals surface area contributed by atoms with Crippen LogP contribution in [-0.2, 0) is 11.2 Å². The number of amides is 3. The molecular formula is C22H23N3O3. The zero-order chi connectivity index (χ0) is 19.7. The first-order chi connectivity index (χ1) is 13.5. The molecule has 2 aromatic carbocycles. The normalized spacial score (nSPS) is 16.1. The second-order valence-electron chi connectivity index (χ2n) is 7.21. The van der Waals surface area contributed by atoms with Crippen LogP contribution in [0.4, 0.5) is 5.69 Å². The number of rotatable bonds is 2. The summed E-state index contributed by atoms with van der Waals surface area (Å²) in [6, 6.07) is 14.8. The van der Waals surface area contributed by atoms with Gasteiger partial charge in [-0.1, -0.05) is 18.2 Å². The van der Waals surface area contributed by atoms with Gasteiger partial charge in [0.2, 0.25) is 5.91 Å². The predicted molar refractivity (Wildman–Crippen MR) is 106 cm³/mol. The summed E-state index contributed by atoms with van der Waals surface area (Å²) in [5.41, 5.74) is 3.27. The Labute approximate surface area is 164 Å². The van der Waals surface area contributed by atoms with Gasteiger partial charge in [0.25, 0.3) is 11.8 Å². The highest BCUT2D eigenvalue weighted by molar-refractivity contribution is 5.98. The van der Waals surface area contributed by atoms with Gasteiger partial charge in [-0.05, 0) is 42.3 Å². The highest BCUT2D eigenvalue weighted by Crippen LogP contribution is 2.29. The van der Waals surface area contributed by atoms with E-state index in [1.165, 1.54) is 0 Å². The second kappa shape index (κ2) is 7.46. The Bertz CT molecular complexity index is 918. The van der Waals surface area contributed by atoms with Crippen molar-refractivity contribution in [1.29, 1.82) is 0 Å². The lowest BCUT2D eigenvalue weighted by molar-refractivity contribution is -0.116. The molecule has 0 spiro atoms. The number of piperazine rings is 1. The molecule has 2 aromatic rings. The molecule has 0 atom stereocenters. The van der Waals surface area contributed by atoms with Crippen LogP contribution in [0.5, 0.6) is 0 Å². The van der Waals surface area contributed by atoms with Crippen LogP contribution in [0, 0.1) is 0 Å². The zero-order valence-electron chi connectivity index (χ0n) is 15.9. The van der Waals surface area contributed by atoms with Gasteiger partial charge in [-0.2, -0.15) is 0 Å². The Morgan fingerprint density at radius 2 is 1.36 bits per heavy atom. The van der Waals surface area contributed by atoms with Crippen molar-refractivity contribution in [2.75, 3.05) is 37.6 Å². The zero-order valence-corrected chi connectivity index (χ0v) is 15.9. The molecule has 6 heteroatoms. The number of carbonyl (C=O) groups excluding carboxylic acids is 3. The first kappa shape index (κ1) is 18.2. The SMILES string of the molecule is CC(=O)N1CCc2cc(C(=O)N3CCN(C(=O)c4ccccc4)CC3)ccc21. The Balaban J connectivity index is 1.41. The molecule has 144 valence electrons. The number of fused-ring (bicyclic) bond motifs is 1. The summed E-state index contributed by atoms with van der Waals surface area (Å²) < 4.78 is 0. The van der Waals surface area contributed by atoms with Crippen molar-refractivity contribution in [2.45, 2.75) is 13.3 Å². The van der Waals surface area contributed by atoms with E-state index in [1.54, 1.807) is 27.7 Å². The van der Waals surface area contributed by atoms with Crippen LogP contribution >= 0.6 is 0 Å². The molecule has 0 unspecified atom stereocenters. The summed E-state index contributed by atoms with van der Waals surface area (Å²) >= 11 is 0. The maximum Gasteiger partial charge on any atom is 0.253 e. The number of hydrogen-bond donors (Lipinski definition) is 0. The molecule has 6 nitrogen and oxygen atoms in total.